The molecule has 3 N–H and O–H groups in total. The number of hydrogen-bond acceptors (Lipinski definition) is 4. The summed E-state index contributed by atoms with van der Waals surface area (Å²) in [5.74, 6) is -0.772. The van der Waals surface area contributed by atoms with E-state index in [0.717, 1.165) is 0 Å². The van der Waals surface area contributed by atoms with Crippen LogP contribution in [-0.4, -0.2) is 41.4 Å². The van der Waals surface area contributed by atoms with Gasteiger partial charge in [-0.2, -0.15) is 5.26 Å². The van der Waals surface area contributed by atoms with Crippen LogP contribution in [0.5, 0.6) is 0 Å². The predicted molar refractivity (Wildman–Crippen MR) is 72.9 cm³/mol. The lowest BCUT2D eigenvalue weighted by atomic mass is 9.90. The molecule has 0 spiro atoms. The fourth-order valence-corrected chi connectivity index (χ4v) is 1.44. The standard InChI is InChI=1S/C13H24N4O2/c1-9(2)13(5,8-14)16-12(19)7-17(10(3)4)6-11(15)18/h9-10H,6-7H2,1-5H3,(H2,15,18)(H,16,19). The number of nitrogens with zero attached hydrogens (tertiary/aromatic N) is 2. The third-order valence-corrected chi connectivity index (χ3v) is 3.22. The highest BCUT2D eigenvalue weighted by molar-refractivity contribution is 5.81. The number of nitrogens with one attached hydrogen (secondary N) is 1. The molecule has 0 saturated heterocycles. The molecule has 108 valence electrons. The Labute approximate surface area is 114 Å². The van der Waals surface area contributed by atoms with Gasteiger partial charge in [-0.1, -0.05) is 13.8 Å². The minimum Gasteiger partial charge on any atom is -0.369 e. The monoisotopic (exact) mass is 268 g/mol. The molecule has 0 aliphatic heterocycles. The summed E-state index contributed by atoms with van der Waals surface area (Å²) in [6.07, 6.45) is 0. The maximum Gasteiger partial charge on any atom is 0.235 e. The van der Waals surface area contributed by atoms with Crippen LogP contribution in [0.1, 0.15) is 34.6 Å². The Balaban J connectivity index is 4.67. The Morgan fingerprint density at radius 3 is 2.16 bits per heavy atom. The highest BCUT2D eigenvalue weighted by Gasteiger charge is 2.30. The van der Waals surface area contributed by atoms with Crippen LogP contribution in [-0.2, 0) is 9.59 Å². The number of carbonyl (C=O) groups excluding carboxylic acids is 2. The van der Waals surface area contributed by atoms with Crippen LogP contribution in [0, 0.1) is 17.2 Å². The van der Waals surface area contributed by atoms with Crippen LogP contribution in [0.25, 0.3) is 0 Å². The second kappa shape index (κ2) is 7.10. The summed E-state index contributed by atoms with van der Waals surface area (Å²) >= 11 is 0. The van der Waals surface area contributed by atoms with Gasteiger partial charge < -0.3 is 11.1 Å². The van der Waals surface area contributed by atoms with E-state index in [1.54, 1.807) is 11.8 Å². The van der Waals surface area contributed by atoms with Crippen LogP contribution in [0.2, 0.25) is 0 Å². The van der Waals surface area contributed by atoms with Gasteiger partial charge in [0.15, 0.2) is 0 Å². The molecule has 0 aromatic rings. The zero-order chi connectivity index (χ0) is 15.2. The Hall–Kier alpha value is -1.61. The number of hydrogen-bond donors (Lipinski definition) is 2. The molecule has 0 rings (SSSR count). The summed E-state index contributed by atoms with van der Waals surface area (Å²) < 4.78 is 0. The maximum absolute atomic E-state index is 12.0. The molecule has 0 fully saturated rings. The topological polar surface area (TPSA) is 99.2 Å². The molecule has 0 heterocycles. The number of primary amides is 1. The number of carbonyl (C=O) groups is 2. The molecule has 19 heavy (non-hydrogen) atoms. The summed E-state index contributed by atoms with van der Waals surface area (Å²) in [6, 6.07) is 2.13. The average Bonchev–Trinajstić information content (AvgIpc) is 2.26. The van der Waals surface area contributed by atoms with Gasteiger partial charge in [-0.3, -0.25) is 14.5 Å². The summed E-state index contributed by atoms with van der Waals surface area (Å²) in [4.78, 5) is 24.6. The largest absolute Gasteiger partial charge is 0.369 e. The van der Waals surface area contributed by atoms with E-state index < -0.39 is 11.4 Å². The van der Waals surface area contributed by atoms with Crippen molar-refractivity contribution in [3.05, 3.63) is 0 Å². The van der Waals surface area contributed by atoms with Crippen LogP contribution in [0.15, 0.2) is 0 Å². The van der Waals surface area contributed by atoms with Gasteiger partial charge in [0, 0.05) is 6.04 Å². The van der Waals surface area contributed by atoms with Gasteiger partial charge in [0.2, 0.25) is 11.8 Å². The molecule has 0 bridgehead atoms. The second-order valence-corrected chi connectivity index (χ2v) is 5.48. The Morgan fingerprint density at radius 1 is 1.32 bits per heavy atom. The first kappa shape index (κ1) is 17.4. The summed E-state index contributed by atoms with van der Waals surface area (Å²) in [7, 11) is 0. The van der Waals surface area contributed by atoms with Gasteiger partial charge >= 0.3 is 0 Å². The van der Waals surface area contributed by atoms with E-state index in [-0.39, 0.29) is 31.0 Å². The van der Waals surface area contributed by atoms with Crippen molar-refractivity contribution in [2.75, 3.05) is 13.1 Å². The van der Waals surface area contributed by atoms with Gasteiger partial charge in [-0.25, -0.2) is 0 Å². The van der Waals surface area contributed by atoms with Gasteiger partial charge in [0.25, 0.3) is 0 Å². The van der Waals surface area contributed by atoms with Crippen LogP contribution >= 0.6 is 0 Å². The van der Waals surface area contributed by atoms with Crippen LogP contribution < -0.4 is 11.1 Å². The highest BCUT2D eigenvalue weighted by Crippen LogP contribution is 2.15. The molecule has 1 atom stereocenters. The molecule has 6 heteroatoms. The number of amides is 2. The van der Waals surface area contributed by atoms with E-state index in [1.807, 2.05) is 27.7 Å². The van der Waals surface area contributed by atoms with E-state index in [4.69, 9.17) is 11.0 Å². The van der Waals surface area contributed by atoms with E-state index in [1.165, 1.54) is 0 Å². The summed E-state index contributed by atoms with van der Waals surface area (Å²) in [5, 5.41) is 11.8. The van der Waals surface area contributed by atoms with Crippen molar-refractivity contribution >= 4 is 11.8 Å². The summed E-state index contributed by atoms with van der Waals surface area (Å²) in [5.41, 5.74) is 4.23. The maximum atomic E-state index is 12.0. The normalized spacial score (nSPS) is 14.3. The Morgan fingerprint density at radius 2 is 1.84 bits per heavy atom. The van der Waals surface area contributed by atoms with E-state index in [9.17, 15) is 9.59 Å². The van der Waals surface area contributed by atoms with Crippen molar-refractivity contribution in [3.8, 4) is 6.07 Å². The van der Waals surface area contributed by atoms with Crippen molar-refractivity contribution in [2.45, 2.75) is 46.2 Å². The quantitative estimate of drug-likeness (QED) is 0.690. The summed E-state index contributed by atoms with van der Waals surface area (Å²) in [6.45, 7) is 9.24. The van der Waals surface area contributed by atoms with Crippen molar-refractivity contribution in [1.29, 1.82) is 5.26 Å². The first-order valence-corrected chi connectivity index (χ1v) is 6.37. The lowest BCUT2D eigenvalue weighted by Gasteiger charge is -2.30. The minimum atomic E-state index is -0.910. The average molecular weight is 268 g/mol. The SMILES string of the molecule is CC(C)N(CC(N)=O)CC(=O)NC(C)(C#N)C(C)C. The molecular weight excluding hydrogens is 244 g/mol. The van der Waals surface area contributed by atoms with Gasteiger partial charge in [0.05, 0.1) is 19.2 Å². The molecule has 0 aromatic carbocycles. The zero-order valence-electron chi connectivity index (χ0n) is 12.4. The second-order valence-electron chi connectivity index (χ2n) is 5.48. The number of rotatable bonds is 7. The first-order chi connectivity index (χ1) is 8.62. The number of nitriles is 1. The first-order valence-electron chi connectivity index (χ1n) is 6.37. The molecule has 1 unspecified atom stereocenters. The Kier molecular flexibility index (Phi) is 6.49. The molecule has 0 saturated carbocycles. The minimum absolute atomic E-state index is 0.00918. The number of nitrogens with two attached hydrogens (primary N) is 1. The smallest absolute Gasteiger partial charge is 0.235 e. The van der Waals surface area contributed by atoms with Gasteiger partial charge in [0.1, 0.15) is 5.54 Å². The molecule has 2 amide bonds. The van der Waals surface area contributed by atoms with Crippen molar-refractivity contribution in [1.82, 2.24) is 10.2 Å². The third-order valence-electron chi connectivity index (χ3n) is 3.22. The highest BCUT2D eigenvalue weighted by atomic mass is 16.2. The molecule has 0 aliphatic carbocycles. The molecule has 6 nitrogen and oxygen atoms in total. The fraction of sp³-hybridized carbons (Fsp3) is 0.769. The van der Waals surface area contributed by atoms with E-state index in [2.05, 4.69) is 11.4 Å². The third kappa shape index (κ3) is 5.71. The predicted octanol–water partition coefficient (Wildman–Crippen LogP) is 0.237. The zero-order valence-corrected chi connectivity index (χ0v) is 12.4. The van der Waals surface area contributed by atoms with Crippen LogP contribution in [0.4, 0.5) is 0 Å². The molecule has 0 radical (unpaired) electrons. The molecule has 0 aromatic heterocycles. The van der Waals surface area contributed by atoms with E-state index in [0.29, 0.717) is 0 Å². The van der Waals surface area contributed by atoms with E-state index >= 15 is 0 Å². The van der Waals surface area contributed by atoms with Crippen molar-refractivity contribution < 1.29 is 9.59 Å². The van der Waals surface area contributed by atoms with Gasteiger partial charge in [-0.15, -0.1) is 0 Å². The van der Waals surface area contributed by atoms with Gasteiger partial charge in [-0.05, 0) is 26.7 Å². The van der Waals surface area contributed by atoms with Crippen molar-refractivity contribution in [2.24, 2.45) is 11.7 Å². The Bertz CT molecular complexity index is 373. The lowest BCUT2D eigenvalue weighted by Crippen LogP contribution is -2.53. The molecule has 0 aliphatic rings. The molecular formula is C13H24N4O2. The lowest BCUT2D eigenvalue weighted by molar-refractivity contribution is -0.125. The fourth-order valence-electron chi connectivity index (χ4n) is 1.44. The van der Waals surface area contributed by atoms with Crippen LogP contribution in [0.3, 0.4) is 0 Å². The van der Waals surface area contributed by atoms with Crippen molar-refractivity contribution in [3.63, 3.8) is 0 Å².